The number of nitrogens with two attached hydrogens (primary N) is 1. The summed E-state index contributed by atoms with van der Waals surface area (Å²) in [5, 5.41) is 0. The highest BCUT2D eigenvalue weighted by molar-refractivity contribution is 6.32. The van der Waals surface area contributed by atoms with Gasteiger partial charge in [0.1, 0.15) is 7.85 Å². The molecule has 1 aliphatic heterocycles. The Morgan fingerprint density at radius 2 is 1.73 bits per heavy atom. The second kappa shape index (κ2) is 10.5. The van der Waals surface area contributed by atoms with Gasteiger partial charge in [-0.15, -0.1) is 0 Å². The molecule has 0 amide bonds. The minimum atomic E-state index is 0.444. The molecule has 0 aromatic rings. The molecule has 2 aliphatic rings. The van der Waals surface area contributed by atoms with E-state index in [4.69, 9.17) is 13.6 Å². The number of aliphatic imine (C=N–C) groups is 1. The van der Waals surface area contributed by atoms with Gasteiger partial charge in [0.2, 0.25) is 0 Å². The standard InChI is InChI=1S/C14H22BN3.2C2H6/c1-11(2)18-5-3-14(4-6-18)7-13(8-14)17-10-12(15)9-16;2*1-2/h9-10,13H,1,3-8,16H2,2H3;2*1-2H3/b12-9+,17-10?;;. The third-order valence-electron chi connectivity index (χ3n) is 4.33. The predicted octanol–water partition coefficient (Wildman–Crippen LogP) is 3.86. The number of nitrogens with zero attached hydrogens (tertiary/aromatic N) is 2. The molecule has 0 bridgehead atoms. The largest absolute Gasteiger partial charge is 0.405 e. The molecule has 4 heteroatoms. The van der Waals surface area contributed by atoms with Crippen LogP contribution >= 0.6 is 0 Å². The van der Waals surface area contributed by atoms with Gasteiger partial charge in [0, 0.05) is 25.0 Å². The summed E-state index contributed by atoms with van der Waals surface area (Å²) in [7, 11) is 5.59. The van der Waals surface area contributed by atoms with Crippen LogP contribution in [-0.2, 0) is 0 Å². The van der Waals surface area contributed by atoms with Gasteiger partial charge < -0.3 is 10.6 Å². The summed E-state index contributed by atoms with van der Waals surface area (Å²) in [6.45, 7) is 16.4. The van der Waals surface area contributed by atoms with E-state index >= 15 is 0 Å². The number of hydrogen-bond acceptors (Lipinski definition) is 3. The van der Waals surface area contributed by atoms with Crippen LogP contribution in [0.3, 0.4) is 0 Å². The Balaban J connectivity index is 0.00000102. The molecule has 0 aromatic carbocycles. The molecule has 124 valence electrons. The molecule has 1 aliphatic carbocycles. The molecular weight excluding hydrogens is 269 g/mol. The predicted molar refractivity (Wildman–Crippen MR) is 100 cm³/mol. The summed E-state index contributed by atoms with van der Waals surface area (Å²) in [5.41, 5.74) is 7.59. The van der Waals surface area contributed by atoms with Gasteiger partial charge in [0.25, 0.3) is 0 Å². The van der Waals surface area contributed by atoms with E-state index in [1.54, 1.807) is 6.21 Å². The third kappa shape index (κ3) is 5.90. The van der Waals surface area contributed by atoms with Crippen LogP contribution < -0.4 is 5.73 Å². The smallest absolute Gasteiger partial charge is 0.117 e. The van der Waals surface area contributed by atoms with E-state index in [2.05, 4.69) is 23.4 Å². The number of hydrogen-bond donors (Lipinski definition) is 1. The van der Waals surface area contributed by atoms with Crippen molar-refractivity contribution in [1.29, 1.82) is 0 Å². The van der Waals surface area contributed by atoms with Crippen LogP contribution in [0.25, 0.3) is 0 Å². The van der Waals surface area contributed by atoms with Gasteiger partial charge in [-0.25, -0.2) is 0 Å². The van der Waals surface area contributed by atoms with E-state index < -0.39 is 0 Å². The second-order valence-electron chi connectivity index (χ2n) is 5.73. The summed E-state index contributed by atoms with van der Waals surface area (Å²) in [6.07, 6.45) is 8.03. The fraction of sp³-hybridized carbons (Fsp3) is 0.722. The van der Waals surface area contributed by atoms with Gasteiger partial charge in [-0.05, 0) is 44.2 Å². The highest BCUT2D eigenvalue weighted by Gasteiger charge is 2.45. The Morgan fingerprint density at radius 1 is 1.23 bits per heavy atom. The van der Waals surface area contributed by atoms with E-state index in [9.17, 15) is 0 Å². The maximum absolute atomic E-state index is 5.59. The molecule has 0 atom stereocenters. The molecule has 2 fully saturated rings. The zero-order valence-electron chi connectivity index (χ0n) is 15.2. The summed E-state index contributed by atoms with van der Waals surface area (Å²) >= 11 is 0. The number of likely N-dealkylation sites (tertiary alicyclic amines) is 1. The van der Waals surface area contributed by atoms with Crippen molar-refractivity contribution in [2.75, 3.05) is 13.1 Å². The minimum absolute atomic E-state index is 0.444. The van der Waals surface area contributed by atoms with E-state index in [0.717, 1.165) is 13.1 Å². The van der Waals surface area contributed by atoms with Crippen molar-refractivity contribution >= 4 is 14.1 Å². The fourth-order valence-corrected chi connectivity index (χ4v) is 3.05. The lowest BCUT2D eigenvalue weighted by Crippen LogP contribution is -2.48. The van der Waals surface area contributed by atoms with Crippen molar-refractivity contribution in [3.63, 3.8) is 0 Å². The quantitative estimate of drug-likeness (QED) is 0.635. The van der Waals surface area contributed by atoms with Crippen LogP contribution in [0.4, 0.5) is 0 Å². The summed E-state index contributed by atoms with van der Waals surface area (Å²) in [6, 6.07) is 0.444. The zero-order chi connectivity index (χ0) is 17.2. The van der Waals surface area contributed by atoms with Crippen molar-refractivity contribution < 1.29 is 0 Å². The molecule has 1 spiro atoms. The molecular formula is C18H34BN3. The lowest BCUT2D eigenvalue weighted by Gasteiger charge is -2.51. The monoisotopic (exact) mass is 303 g/mol. The molecule has 0 unspecified atom stereocenters. The van der Waals surface area contributed by atoms with Crippen LogP contribution in [0.1, 0.15) is 60.3 Å². The molecule has 2 rings (SSSR count). The van der Waals surface area contributed by atoms with Gasteiger partial charge in [-0.2, -0.15) is 0 Å². The van der Waals surface area contributed by atoms with E-state index in [-0.39, 0.29) is 0 Å². The van der Waals surface area contributed by atoms with Gasteiger partial charge in [0.15, 0.2) is 0 Å². The highest BCUT2D eigenvalue weighted by Crippen LogP contribution is 2.50. The van der Waals surface area contributed by atoms with Crippen LogP contribution in [0.5, 0.6) is 0 Å². The average Bonchev–Trinajstić information content (AvgIpc) is 2.54. The first-order valence-corrected chi connectivity index (χ1v) is 8.66. The van der Waals surface area contributed by atoms with Crippen LogP contribution in [0, 0.1) is 5.41 Å². The molecule has 1 saturated heterocycles. The van der Waals surface area contributed by atoms with Crippen LogP contribution in [0.2, 0.25) is 0 Å². The van der Waals surface area contributed by atoms with Gasteiger partial charge >= 0.3 is 0 Å². The van der Waals surface area contributed by atoms with Gasteiger partial charge in [-0.3, -0.25) is 4.99 Å². The topological polar surface area (TPSA) is 41.6 Å². The fourth-order valence-electron chi connectivity index (χ4n) is 3.05. The SMILES string of the molecule is CC.CC.[B]/C(C=NC1CC2(CCN(C(=C)C)CC2)C1)=C/N. The number of allylic oxidation sites excluding steroid dienone is 2. The lowest BCUT2D eigenvalue weighted by atomic mass is 9.60. The molecule has 2 radical (unpaired) electrons. The number of piperidine rings is 1. The van der Waals surface area contributed by atoms with Crippen molar-refractivity contribution in [2.24, 2.45) is 16.1 Å². The van der Waals surface area contributed by atoms with Crippen molar-refractivity contribution in [2.45, 2.75) is 66.3 Å². The Morgan fingerprint density at radius 3 is 2.14 bits per heavy atom. The summed E-state index contributed by atoms with van der Waals surface area (Å²) < 4.78 is 0. The highest BCUT2D eigenvalue weighted by atomic mass is 15.1. The molecule has 2 N–H and O–H groups in total. The zero-order valence-corrected chi connectivity index (χ0v) is 15.2. The maximum atomic E-state index is 5.59. The molecule has 0 aromatic heterocycles. The Kier molecular flexibility index (Phi) is 9.96. The summed E-state index contributed by atoms with van der Waals surface area (Å²) in [5.74, 6) is 0. The Bertz CT molecular complexity index is 372. The Labute approximate surface area is 139 Å². The second-order valence-corrected chi connectivity index (χ2v) is 5.73. The first kappa shape index (κ1) is 20.8. The van der Waals surface area contributed by atoms with Crippen LogP contribution in [-0.4, -0.2) is 38.1 Å². The summed E-state index contributed by atoms with van der Waals surface area (Å²) in [4.78, 5) is 6.86. The van der Waals surface area contributed by atoms with E-state index in [1.165, 1.54) is 37.6 Å². The minimum Gasteiger partial charge on any atom is -0.405 e. The maximum Gasteiger partial charge on any atom is 0.117 e. The normalized spacial score (nSPS) is 20.6. The first-order valence-electron chi connectivity index (χ1n) is 8.66. The average molecular weight is 303 g/mol. The molecule has 22 heavy (non-hydrogen) atoms. The third-order valence-corrected chi connectivity index (χ3v) is 4.33. The van der Waals surface area contributed by atoms with Crippen LogP contribution in [0.15, 0.2) is 28.9 Å². The van der Waals surface area contributed by atoms with Gasteiger partial charge in [0.05, 0.1) is 6.04 Å². The molecule has 1 heterocycles. The van der Waals surface area contributed by atoms with E-state index in [1.807, 2.05) is 27.7 Å². The first-order chi connectivity index (χ1) is 10.5. The van der Waals surface area contributed by atoms with Crippen molar-refractivity contribution in [3.05, 3.63) is 23.9 Å². The Hall–Kier alpha value is -1.19. The van der Waals surface area contributed by atoms with Crippen molar-refractivity contribution in [1.82, 2.24) is 4.90 Å². The van der Waals surface area contributed by atoms with E-state index in [0.29, 0.717) is 16.9 Å². The van der Waals surface area contributed by atoms with Gasteiger partial charge in [-0.1, -0.05) is 39.7 Å². The molecule has 1 saturated carbocycles. The number of rotatable bonds is 3. The lowest BCUT2D eigenvalue weighted by molar-refractivity contribution is 0.0300. The van der Waals surface area contributed by atoms with Crippen molar-refractivity contribution in [3.8, 4) is 0 Å². The molecule has 3 nitrogen and oxygen atoms in total.